The van der Waals surface area contributed by atoms with Gasteiger partial charge in [0.1, 0.15) is 5.82 Å². The Balaban J connectivity index is 2.42. The average molecular weight is 374 g/mol. The van der Waals surface area contributed by atoms with Gasteiger partial charge in [-0.2, -0.15) is 0 Å². The van der Waals surface area contributed by atoms with Gasteiger partial charge in [-0.15, -0.1) is 0 Å². The number of hydrogen-bond acceptors (Lipinski definition) is 4. The number of hydrogen-bond donors (Lipinski definition) is 3. The standard InChI is InChI=1S/C13H13BrFN3O2S/c1-17-21(19,20)9-3-4-11(16)13(7-9)18-12-5-2-8(15)6-10(12)14/h2-7,17-18H,16H2,1H3. The third kappa shape index (κ3) is 3.52. The summed E-state index contributed by atoms with van der Waals surface area (Å²) in [6, 6.07) is 8.43. The predicted octanol–water partition coefficient (Wildman–Crippen LogP) is 2.82. The highest BCUT2D eigenvalue weighted by molar-refractivity contribution is 9.10. The van der Waals surface area contributed by atoms with Crippen molar-refractivity contribution < 1.29 is 12.8 Å². The van der Waals surface area contributed by atoms with Crippen LogP contribution in [0.1, 0.15) is 0 Å². The van der Waals surface area contributed by atoms with Crippen LogP contribution in [0.15, 0.2) is 45.8 Å². The summed E-state index contributed by atoms with van der Waals surface area (Å²) in [6.45, 7) is 0. The molecule has 0 aliphatic carbocycles. The molecule has 0 aliphatic rings. The van der Waals surface area contributed by atoms with Crippen molar-refractivity contribution >= 4 is 43.0 Å². The molecule has 0 saturated carbocycles. The van der Waals surface area contributed by atoms with Gasteiger partial charge in [-0.1, -0.05) is 0 Å². The third-order valence-corrected chi connectivity index (χ3v) is 4.87. The summed E-state index contributed by atoms with van der Waals surface area (Å²) in [5, 5.41) is 2.97. The maximum absolute atomic E-state index is 13.1. The number of benzene rings is 2. The third-order valence-electron chi connectivity index (χ3n) is 2.80. The molecule has 0 fully saturated rings. The molecular formula is C13H13BrFN3O2S. The molecule has 2 rings (SSSR count). The van der Waals surface area contributed by atoms with E-state index in [0.717, 1.165) is 0 Å². The molecule has 0 radical (unpaired) electrons. The van der Waals surface area contributed by atoms with Crippen LogP contribution in [0.5, 0.6) is 0 Å². The Morgan fingerprint density at radius 3 is 2.48 bits per heavy atom. The van der Waals surface area contributed by atoms with Crippen molar-refractivity contribution in [2.45, 2.75) is 4.90 Å². The molecule has 0 amide bonds. The van der Waals surface area contributed by atoms with E-state index in [2.05, 4.69) is 26.0 Å². The second-order valence-electron chi connectivity index (χ2n) is 4.21. The second-order valence-corrected chi connectivity index (χ2v) is 6.95. The summed E-state index contributed by atoms with van der Waals surface area (Å²) in [5.74, 6) is -0.382. The molecule has 0 heterocycles. The summed E-state index contributed by atoms with van der Waals surface area (Å²) < 4.78 is 39.4. The van der Waals surface area contributed by atoms with E-state index in [4.69, 9.17) is 5.73 Å². The topological polar surface area (TPSA) is 84.2 Å². The normalized spacial score (nSPS) is 11.4. The lowest BCUT2D eigenvalue weighted by atomic mass is 10.2. The van der Waals surface area contributed by atoms with Crippen LogP contribution in [0.2, 0.25) is 0 Å². The smallest absolute Gasteiger partial charge is 0.240 e. The first kappa shape index (κ1) is 15.7. The van der Waals surface area contributed by atoms with Crippen molar-refractivity contribution in [1.82, 2.24) is 4.72 Å². The van der Waals surface area contributed by atoms with Gasteiger partial charge in [0.25, 0.3) is 0 Å². The minimum Gasteiger partial charge on any atom is -0.397 e. The zero-order chi connectivity index (χ0) is 15.6. The molecule has 8 heteroatoms. The van der Waals surface area contributed by atoms with Crippen molar-refractivity contribution in [3.8, 4) is 0 Å². The number of nitrogens with two attached hydrogens (primary N) is 1. The summed E-state index contributed by atoms with van der Waals surface area (Å²) in [7, 11) is -2.24. The van der Waals surface area contributed by atoms with E-state index >= 15 is 0 Å². The summed E-state index contributed by atoms with van der Waals surface area (Å²) in [6.07, 6.45) is 0. The van der Waals surface area contributed by atoms with E-state index in [-0.39, 0.29) is 10.7 Å². The first-order valence-corrected chi connectivity index (χ1v) is 8.16. The number of halogens is 2. The molecule has 0 saturated heterocycles. The van der Waals surface area contributed by atoms with E-state index in [0.29, 0.717) is 21.5 Å². The summed E-state index contributed by atoms with van der Waals surface area (Å²) >= 11 is 3.23. The fraction of sp³-hybridized carbons (Fsp3) is 0.0769. The van der Waals surface area contributed by atoms with Gasteiger partial charge in [0.2, 0.25) is 10.0 Å². The van der Waals surface area contributed by atoms with Gasteiger partial charge in [-0.3, -0.25) is 0 Å². The molecule has 0 aromatic heterocycles. The highest BCUT2D eigenvalue weighted by Gasteiger charge is 2.14. The molecule has 0 spiro atoms. The molecule has 4 N–H and O–H groups in total. The molecule has 2 aromatic carbocycles. The molecule has 0 unspecified atom stereocenters. The predicted molar refractivity (Wildman–Crippen MR) is 84.5 cm³/mol. The Labute approximate surface area is 130 Å². The van der Waals surface area contributed by atoms with Crippen LogP contribution >= 0.6 is 15.9 Å². The van der Waals surface area contributed by atoms with Crippen LogP contribution in [0.3, 0.4) is 0 Å². The summed E-state index contributed by atoms with van der Waals surface area (Å²) in [4.78, 5) is 0.0833. The first-order chi connectivity index (χ1) is 9.83. The first-order valence-electron chi connectivity index (χ1n) is 5.88. The zero-order valence-electron chi connectivity index (χ0n) is 11.0. The fourth-order valence-corrected chi connectivity index (χ4v) is 2.87. The Morgan fingerprint density at radius 2 is 1.86 bits per heavy atom. The van der Waals surface area contributed by atoms with E-state index in [9.17, 15) is 12.8 Å². The van der Waals surface area contributed by atoms with Crippen LogP contribution < -0.4 is 15.8 Å². The maximum Gasteiger partial charge on any atom is 0.240 e. The second kappa shape index (κ2) is 6.00. The average Bonchev–Trinajstić information content (AvgIpc) is 2.43. The number of nitrogens with one attached hydrogen (secondary N) is 2. The van der Waals surface area contributed by atoms with Crippen LogP contribution in [0, 0.1) is 5.82 Å². The van der Waals surface area contributed by atoms with E-state index in [1.165, 1.54) is 43.4 Å². The monoisotopic (exact) mass is 373 g/mol. The molecule has 0 aliphatic heterocycles. The Hall–Kier alpha value is -1.64. The van der Waals surface area contributed by atoms with E-state index in [1.807, 2.05) is 0 Å². The van der Waals surface area contributed by atoms with Crippen LogP contribution in [-0.4, -0.2) is 15.5 Å². The lowest BCUT2D eigenvalue weighted by Crippen LogP contribution is -2.18. The number of nitrogen functional groups attached to an aromatic ring is 1. The number of anilines is 3. The highest BCUT2D eigenvalue weighted by atomic mass is 79.9. The fourth-order valence-electron chi connectivity index (χ4n) is 1.66. The van der Waals surface area contributed by atoms with Gasteiger partial charge in [-0.25, -0.2) is 17.5 Å². The number of sulfonamides is 1. The van der Waals surface area contributed by atoms with Gasteiger partial charge in [0.05, 0.1) is 22.0 Å². The van der Waals surface area contributed by atoms with Gasteiger partial charge in [0, 0.05) is 4.47 Å². The highest BCUT2D eigenvalue weighted by Crippen LogP contribution is 2.30. The zero-order valence-corrected chi connectivity index (χ0v) is 13.4. The number of rotatable bonds is 4. The van der Waals surface area contributed by atoms with Crippen LogP contribution in [-0.2, 0) is 10.0 Å². The van der Waals surface area contributed by atoms with Crippen molar-refractivity contribution in [3.05, 3.63) is 46.7 Å². The Kier molecular flexibility index (Phi) is 4.50. The van der Waals surface area contributed by atoms with E-state index < -0.39 is 10.0 Å². The molecule has 21 heavy (non-hydrogen) atoms. The van der Waals surface area contributed by atoms with Gasteiger partial charge in [0.15, 0.2) is 0 Å². The minimum atomic E-state index is -3.56. The van der Waals surface area contributed by atoms with Crippen molar-refractivity contribution in [3.63, 3.8) is 0 Å². The largest absolute Gasteiger partial charge is 0.397 e. The van der Waals surface area contributed by atoms with Crippen LogP contribution in [0.4, 0.5) is 21.5 Å². The minimum absolute atomic E-state index is 0.0833. The van der Waals surface area contributed by atoms with Crippen molar-refractivity contribution in [2.24, 2.45) is 0 Å². The van der Waals surface area contributed by atoms with Crippen molar-refractivity contribution in [1.29, 1.82) is 0 Å². The summed E-state index contributed by atoms with van der Waals surface area (Å²) in [5.41, 5.74) is 7.20. The SMILES string of the molecule is CNS(=O)(=O)c1ccc(N)c(Nc2ccc(F)cc2Br)c1. The molecule has 5 nitrogen and oxygen atoms in total. The van der Waals surface area contributed by atoms with Gasteiger partial charge in [-0.05, 0) is 59.4 Å². The quantitative estimate of drug-likeness (QED) is 0.719. The van der Waals surface area contributed by atoms with Crippen LogP contribution in [0.25, 0.3) is 0 Å². The lowest BCUT2D eigenvalue weighted by molar-refractivity contribution is 0.588. The van der Waals surface area contributed by atoms with Gasteiger partial charge >= 0.3 is 0 Å². The molecule has 112 valence electrons. The Bertz CT molecular complexity index is 781. The Morgan fingerprint density at radius 1 is 1.14 bits per heavy atom. The molecule has 2 aromatic rings. The molecule has 0 atom stereocenters. The van der Waals surface area contributed by atoms with Crippen molar-refractivity contribution in [2.75, 3.05) is 18.1 Å². The lowest BCUT2D eigenvalue weighted by Gasteiger charge is -2.13. The maximum atomic E-state index is 13.1. The van der Waals surface area contributed by atoms with E-state index in [1.54, 1.807) is 0 Å². The van der Waals surface area contributed by atoms with Gasteiger partial charge < -0.3 is 11.1 Å². The molecule has 0 bridgehead atoms. The molecular weight excluding hydrogens is 361 g/mol.